The van der Waals surface area contributed by atoms with Gasteiger partial charge in [-0.1, -0.05) is 24.3 Å². The van der Waals surface area contributed by atoms with E-state index < -0.39 is 10.0 Å². The molecule has 0 N–H and O–H groups in total. The normalized spacial score (nSPS) is 24.9. The number of hydrogen-bond donors (Lipinski definition) is 0. The fraction of sp³-hybridized carbons (Fsp3) is 0.429. The molecule has 0 aromatic heterocycles. The molecule has 0 amide bonds. The van der Waals surface area contributed by atoms with Crippen LogP contribution >= 0.6 is 0 Å². The number of para-hydroxylation sites is 1. The fourth-order valence-corrected chi connectivity index (χ4v) is 5.64. The summed E-state index contributed by atoms with van der Waals surface area (Å²) in [6.07, 6.45) is 1.36. The molecule has 4 rings (SSSR count). The summed E-state index contributed by atoms with van der Waals surface area (Å²) in [7, 11) is -0.208. The minimum Gasteiger partial charge on any atom is -0.497 e. The van der Waals surface area contributed by atoms with Gasteiger partial charge in [0.25, 0.3) is 0 Å². The molecular formula is C21H26N2O4S. The SMILES string of the molecule is COc1cccc(CN2CC[C@@H]3Oc4ccccc4S(=O)(=O)N(C)[C@H]3CC2)c1. The number of benzene rings is 2. The van der Waals surface area contributed by atoms with Crippen LogP contribution in [0.25, 0.3) is 0 Å². The summed E-state index contributed by atoms with van der Waals surface area (Å²) in [4.78, 5) is 2.62. The lowest BCUT2D eigenvalue weighted by atomic mass is 10.1. The number of fused-ring (bicyclic) bond motifs is 2. The van der Waals surface area contributed by atoms with Crippen LogP contribution in [0.3, 0.4) is 0 Å². The van der Waals surface area contributed by atoms with Crippen molar-refractivity contribution in [2.45, 2.75) is 36.4 Å². The van der Waals surface area contributed by atoms with Crippen LogP contribution in [0.4, 0.5) is 0 Å². The lowest BCUT2D eigenvalue weighted by Gasteiger charge is -2.28. The smallest absolute Gasteiger partial charge is 0.246 e. The number of nitrogens with zero attached hydrogens (tertiary/aromatic N) is 2. The lowest BCUT2D eigenvalue weighted by Crippen LogP contribution is -2.44. The number of hydrogen-bond acceptors (Lipinski definition) is 5. The molecule has 0 saturated carbocycles. The summed E-state index contributed by atoms with van der Waals surface area (Å²) in [5.74, 6) is 1.31. The molecule has 1 fully saturated rings. The van der Waals surface area contributed by atoms with Gasteiger partial charge in [-0.05, 0) is 42.7 Å². The van der Waals surface area contributed by atoms with Gasteiger partial charge in [0.2, 0.25) is 10.0 Å². The van der Waals surface area contributed by atoms with E-state index in [2.05, 4.69) is 11.0 Å². The fourth-order valence-electron chi connectivity index (χ4n) is 4.11. The zero-order valence-corrected chi connectivity index (χ0v) is 17.1. The average Bonchev–Trinajstić information content (AvgIpc) is 2.93. The average molecular weight is 403 g/mol. The molecule has 28 heavy (non-hydrogen) atoms. The predicted octanol–water partition coefficient (Wildman–Crippen LogP) is 2.74. The molecule has 0 unspecified atom stereocenters. The monoisotopic (exact) mass is 402 g/mol. The van der Waals surface area contributed by atoms with Gasteiger partial charge in [-0.3, -0.25) is 4.90 Å². The largest absolute Gasteiger partial charge is 0.497 e. The van der Waals surface area contributed by atoms with Crippen LogP contribution in [0.15, 0.2) is 53.4 Å². The van der Waals surface area contributed by atoms with Gasteiger partial charge in [0.15, 0.2) is 0 Å². The van der Waals surface area contributed by atoms with Gasteiger partial charge in [0, 0.05) is 26.7 Å². The summed E-state index contributed by atoms with van der Waals surface area (Å²) < 4.78 is 39.2. The van der Waals surface area contributed by atoms with Gasteiger partial charge in [0.05, 0.1) is 13.2 Å². The molecule has 2 atom stereocenters. The molecule has 2 aliphatic heterocycles. The molecule has 7 heteroatoms. The van der Waals surface area contributed by atoms with Crippen LogP contribution in [-0.4, -0.2) is 57.0 Å². The molecule has 2 aliphatic rings. The van der Waals surface area contributed by atoms with E-state index in [4.69, 9.17) is 9.47 Å². The first-order chi connectivity index (χ1) is 13.5. The lowest BCUT2D eigenvalue weighted by molar-refractivity contribution is 0.122. The Morgan fingerprint density at radius 3 is 2.71 bits per heavy atom. The number of rotatable bonds is 3. The number of likely N-dealkylation sites (tertiary alicyclic amines) is 1. The minimum absolute atomic E-state index is 0.154. The molecule has 0 aliphatic carbocycles. The molecule has 0 radical (unpaired) electrons. The van der Waals surface area contributed by atoms with Gasteiger partial charge in [-0.25, -0.2) is 8.42 Å². The van der Waals surface area contributed by atoms with E-state index in [1.807, 2.05) is 24.3 Å². The third kappa shape index (κ3) is 3.62. The van der Waals surface area contributed by atoms with Crippen molar-refractivity contribution in [1.29, 1.82) is 0 Å². The summed E-state index contributed by atoms with van der Waals surface area (Å²) in [5, 5.41) is 0. The highest BCUT2D eigenvalue weighted by atomic mass is 32.2. The van der Waals surface area contributed by atoms with E-state index in [-0.39, 0.29) is 17.0 Å². The molecule has 2 heterocycles. The Hall–Kier alpha value is -2.09. The minimum atomic E-state index is -3.56. The molecule has 1 saturated heterocycles. The second kappa shape index (κ2) is 7.73. The predicted molar refractivity (Wildman–Crippen MR) is 107 cm³/mol. The first-order valence-corrected chi connectivity index (χ1v) is 11.0. The van der Waals surface area contributed by atoms with Gasteiger partial charge in [-0.2, -0.15) is 4.31 Å². The molecule has 2 aromatic carbocycles. The third-order valence-corrected chi connectivity index (χ3v) is 7.61. The van der Waals surface area contributed by atoms with Crippen molar-refractivity contribution in [3.05, 3.63) is 54.1 Å². The molecule has 2 aromatic rings. The second-order valence-electron chi connectivity index (χ2n) is 7.40. The number of likely N-dealkylation sites (N-methyl/N-ethyl adjacent to an activating group) is 1. The maximum absolute atomic E-state index is 13.1. The van der Waals surface area contributed by atoms with Crippen molar-refractivity contribution >= 4 is 10.0 Å². The van der Waals surface area contributed by atoms with Gasteiger partial charge >= 0.3 is 0 Å². The Morgan fingerprint density at radius 2 is 1.89 bits per heavy atom. The Balaban J connectivity index is 1.55. The van der Waals surface area contributed by atoms with Crippen LogP contribution in [0.1, 0.15) is 18.4 Å². The van der Waals surface area contributed by atoms with E-state index in [0.717, 1.165) is 38.2 Å². The summed E-state index contributed by atoms with van der Waals surface area (Å²) in [5.41, 5.74) is 1.19. The standard InChI is InChI=1S/C21H26N2O4S/c1-22-18-10-12-23(15-16-6-5-7-17(14-16)26-2)13-11-19(18)27-20-8-3-4-9-21(20)28(22,24)25/h3-9,14,18-19H,10-13,15H2,1-2H3/t18-,19-/m0/s1. The van der Waals surface area contributed by atoms with E-state index in [1.54, 1.807) is 32.4 Å². The number of sulfonamides is 1. The van der Waals surface area contributed by atoms with Gasteiger partial charge < -0.3 is 9.47 Å². The quantitative estimate of drug-likeness (QED) is 0.790. The second-order valence-corrected chi connectivity index (χ2v) is 9.36. The molecule has 150 valence electrons. The van der Waals surface area contributed by atoms with Crippen molar-refractivity contribution in [2.24, 2.45) is 0 Å². The zero-order valence-electron chi connectivity index (χ0n) is 16.2. The number of ether oxygens (including phenoxy) is 2. The van der Waals surface area contributed by atoms with Crippen molar-refractivity contribution in [3.8, 4) is 11.5 Å². The highest BCUT2D eigenvalue weighted by molar-refractivity contribution is 7.89. The Kier molecular flexibility index (Phi) is 5.31. The Morgan fingerprint density at radius 1 is 1.11 bits per heavy atom. The van der Waals surface area contributed by atoms with Crippen LogP contribution in [0.5, 0.6) is 11.5 Å². The molecule has 0 bridgehead atoms. The molecule has 0 spiro atoms. The maximum Gasteiger partial charge on any atom is 0.246 e. The van der Waals surface area contributed by atoms with Crippen molar-refractivity contribution in [1.82, 2.24) is 9.21 Å². The van der Waals surface area contributed by atoms with Crippen molar-refractivity contribution < 1.29 is 17.9 Å². The molecular weight excluding hydrogens is 376 g/mol. The highest BCUT2D eigenvalue weighted by Crippen LogP contribution is 2.35. The Labute approximate surface area is 166 Å². The van der Waals surface area contributed by atoms with E-state index in [0.29, 0.717) is 5.75 Å². The Bertz CT molecular complexity index is 947. The summed E-state index contributed by atoms with van der Waals surface area (Å²) in [6.45, 7) is 2.48. The number of methoxy groups -OCH3 is 1. The first-order valence-electron chi connectivity index (χ1n) is 9.58. The van der Waals surface area contributed by atoms with Crippen molar-refractivity contribution in [2.75, 3.05) is 27.2 Å². The van der Waals surface area contributed by atoms with Crippen LogP contribution < -0.4 is 9.47 Å². The van der Waals surface area contributed by atoms with Crippen LogP contribution in [0.2, 0.25) is 0 Å². The highest BCUT2D eigenvalue weighted by Gasteiger charge is 2.41. The third-order valence-electron chi connectivity index (χ3n) is 5.69. The summed E-state index contributed by atoms with van der Waals surface area (Å²) in [6, 6.07) is 14.8. The topological polar surface area (TPSA) is 59.1 Å². The van der Waals surface area contributed by atoms with E-state index >= 15 is 0 Å². The van der Waals surface area contributed by atoms with Crippen molar-refractivity contribution in [3.63, 3.8) is 0 Å². The summed E-state index contributed by atoms with van der Waals surface area (Å²) >= 11 is 0. The van der Waals surface area contributed by atoms with Gasteiger partial charge in [0.1, 0.15) is 22.5 Å². The van der Waals surface area contributed by atoms with Crippen LogP contribution in [-0.2, 0) is 16.6 Å². The van der Waals surface area contributed by atoms with Crippen LogP contribution in [0, 0.1) is 0 Å². The van der Waals surface area contributed by atoms with Gasteiger partial charge in [-0.15, -0.1) is 0 Å². The van der Waals surface area contributed by atoms with E-state index in [1.165, 1.54) is 9.87 Å². The first kappa shape index (κ1) is 19.2. The zero-order chi connectivity index (χ0) is 19.7. The molecule has 6 nitrogen and oxygen atoms in total. The van der Waals surface area contributed by atoms with E-state index in [9.17, 15) is 8.42 Å². The maximum atomic E-state index is 13.1.